The Labute approximate surface area is 149 Å². The number of piperazine rings is 1. The minimum atomic E-state index is -0.0485. The van der Waals surface area contributed by atoms with Crippen molar-refractivity contribution in [3.8, 4) is 0 Å². The van der Waals surface area contributed by atoms with E-state index in [4.69, 9.17) is 0 Å². The standard InChI is InChI=1S/C18H28N6O/c1-12-10-15(16-14(3)21-23(5)17(16)20-12)18(25)19-11-13(2)24-8-6-22(4)7-9-24/h10,13H,6-9,11H2,1-5H3,(H,19,25)/t13-/m0/s1. The van der Waals surface area contributed by atoms with Crippen LogP contribution in [0, 0.1) is 13.8 Å². The third-order valence-electron chi connectivity index (χ3n) is 5.06. The van der Waals surface area contributed by atoms with Crippen molar-refractivity contribution < 1.29 is 4.79 Å². The minimum absolute atomic E-state index is 0.0485. The van der Waals surface area contributed by atoms with Crippen LogP contribution in [0.3, 0.4) is 0 Å². The number of rotatable bonds is 4. The molecule has 3 heterocycles. The lowest BCUT2D eigenvalue weighted by Gasteiger charge is -2.36. The number of nitrogens with zero attached hydrogens (tertiary/aromatic N) is 5. The van der Waals surface area contributed by atoms with Crippen molar-refractivity contribution in [2.24, 2.45) is 7.05 Å². The molecule has 1 aliphatic heterocycles. The summed E-state index contributed by atoms with van der Waals surface area (Å²) in [6, 6.07) is 2.18. The molecule has 0 bridgehead atoms. The lowest BCUT2D eigenvalue weighted by molar-refractivity contribution is 0.0905. The van der Waals surface area contributed by atoms with Crippen molar-refractivity contribution in [3.63, 3.8) is 0 Å². The molecule has 0 saturated carbocycles. The van der Waals surface area contributed by atoms with E-state index >= 15 is 0 Å². The Bertz CT molecular complexity index is 775. The highest BCUT2D eigenvalue weighted by Crippen LogP contribution is 2.21. The van der Waals surface area contributed by atoms with Crippen LogP contribution < -0.4 is 5.32 Å². The Morgan fingerprint density at radius 1 is 1.24 bits per heavy atom. The number of carbonyl (C=O) groups is 1. The molecule has 0 spiro atoms. The van der Waals surface area contributed by atoms with E-state index in [1.54, 1.807) is 4.68 Å². The van der Waals surface area contributed by atoms with Gasteiger partial charge in [0.1, 0.15) is 0 Å². The fraction of sp³-hybridized carbons (Fsp3) is 0.611. The van der Waals surface area contributed by atoms with E-state index in [9.17, 15) is 4.79 Å². The molecule has 0 unspecified atom stereocenters. The average Bonchev–Trinajstić information content (AvgIpc) is 2.86. The second-order valence-corrected chi connectivity index (χ2v) is 7.12. The fourth-order valence-electron chi connectivity index (χ4n) is 3.48. The van der Waals surface area contributed by atoms with Crippen LogP contribution in [0.2, 0.25) is 0 Å². The third kappa shape index (κ3) is 3.67. The molecular weight excluding hydrogens is 316 g/mol. The number of hydrogen-bond donors (Lipinski definition) is 1. The van der Waals surface area contributed by atoms with Gasteiger partial charge in [0.2, 0.25) is 0 Å². The second-order valence-electron chi connectivity index (χ2n) is 7.12. The van der Waals surface area contributed by atoms with Crippen LogP contribution >= 0.6 is 0 Å². The van der Waals surface area contributed by atoms with Crippen molar-refractivity contribution in [2.45, 2.75) is 26.8 Å². The van der Waals surface area contributed by atoms with Gasteiger partial charge in [0.05, 0.1) is 16.6 Å². The first kappa shape index (κ1) is 17.8. The Hall–Kier alpha value is -1.99. The van der Waals surface area contributed by atoms with Gasteiger partial charge in [0.25, 0.3) is 5.91 Å². The molecule has 2 aromatic heterocycles. The molecule has 1 N–H and O–H groups in total. The molecule has 3 rings (SSSR count). The number of aromatic nitrogens is 3. The number of likely N-dealkylation sites (N-methyl/N-ethyl adjacent to an activating group) is 1. The summed E-state index contributed by atoms with van der Waals surface area (Å²) in [5, 5.41) is 8.36. The lowest BCUT2D eigenvalue weighted by Crippen LogP contribution is -2.51. The van der Waals surface area contributed by atoms with Gasteiger partial charge in [0.15, 0.2) is 5.65 Å². The maximum Gasteiger partial charge on any atom is 0.252 e. The molecule has 7 heteroatoms. The van der Waals surface area contributed by atoms with Gasteiger partial charge in [-0.2, -0.15) is 5.10 Å². The zero-order chi connectivity index (χ0) is 18.1. The Balaban J connectivity index is 1.72. The van der Waals surface area contributed by atoms with Gasteiger partial charge in [-0.3, -0.25) is 14.4 Å². The van der Waals surface area contributed by atoms with E-state index < -0.39 is 0 Å². The van der Waals surface area contributed by atoms with Gasteiger partial charge in [-0.25, -0.2) is 4.98 Å². The Morgan fingerprint density at radius 3 is 2.60 bits per heavy atom. The summed E-state index contributed by atoms with van der Waals surface area (Å²) in [4.78, 5) is 22.1. The number of fused-ring (bicyclic) bond motifs is 1. The summed E-state index contributed by atoms with van der Waals surface area (Å²) in [5.41, 5.74) is 3.09. The van der Waals surface area contributed by atoms with Gasteiger partial charge < -0.3 is 10.2 Å². The average molecular weight is 344 g/mol. The zero-order valence-electron chi connectivity index (χ0n) is 15.8. The number of hydrogen-bond acceptors (Lipinski definition) is 5. The van der Waals surface area contributed by atoms with E-state index in [0.717, 1.165) is 48.6 Å². The van der Waals surface area contributed by atoms with Crippen molar-refractivity contribution in [3.05, 3.63) is 23.0 Å². The van der Waals surface area contributed by atoms with Crippen molar-refractivity contribution in [1.82, 2.24) is 29.9 Å². The van der Waals surface area contributed by atoms with E-state index in [1.165, 1.54) is 0 Å². The third-order valence-corrected chi connectivity index (χ3v) is 5.06. The van der Waals surface area contributed by atoms with Crippen LogP contribution in [0.25, 0.3) is 11.0 Å². The van der Waals surface area contributed by atoms with E-state index in [-0.39, 0.29) is 5.91 Å². The molecule has 1 saturated heterocycles. The molecule has 25 heavy (non-hydrogen) atoms. The second kappa shape index (κ2) is 7.09. The lowest BCUT2D eigenvalue weighted by atomic mass is 10.1. The van der Waals surface area contributed by atoms with Gasteiger partial charge in [-0.1, -0.05) is 0 Å². The van der Waals surface area contributed by atoms with Crippen molar-refractivity contribution >= 4 is 16.9 Å². The largest absolute Gasteiger partial charge is 0.350 e. The molecular formula is C18H28N6O. The molecule has 1 amide bonds. The quantitative estimate of drug-likeness (QED) is 0.895. The summed E-state index contributed by atoms with van der Waals surface area (Å²) < 4.78 is 1.74. The molecule has 136 valence electrons. The zero-order valence-corrected chi connectivity index (χ0v) is 15.8. The summed E-state index contributed by atoms with van der Waals surface area (Å²) in [6.45, 7) is 10.9. The first-order valence-corrected chi connectivity index (χ1v) is 8.88. The molecule has 1 aliphatic rings. The summed E-state index contributed by atoms with van der Waals surface area (Å²) >= 11 is 0. The number of carbonyl (C=O) groups excluding carboxylic acids is 1. The first-order chi connectivity index (χ1) is 11.9. The van der Waals surface area contributed by atoms with Gasteiger partial charge >= 0.3 is 0 Å². The molecule has 0 radical (unpaired) electrons. The SMILES string of the molecule is Cc1cc(C(=O)NC[C@H](C)N2CCN(C)CC2)c2c(C)nn(C)c2n1. The predicted molar refractivity (Wildman–Crippen MR) is 98.8 cm³/mol. The molecule has 0 aliphatic carbocycles. The van der Waals surface area contributed by atoms with Gasteiger partial charge in [-0.05, 0) is 33.9 Å². The summed E-state index contributed by atoms with van der Waals surface area (Å²) in [6.07, 6.45) is 0. The normalized spacial score (nSPS) is 17.8. The predicted octanol–water partition coefficient (Wildman–Crippen LogP) is 0.951. The molecule has 2 aromatic rings. The molecule has 1 fully saturated rings. The topological polar surface area (TPSA) is 66.3 Å². The monoisotopic (exact) mass is 344 g/mol. The smallest absolute Gasteiger partial charge is 0.252 e. The van der Waals surface area contributed by atoms with E-state index in [2.05, 4.69) is 39.2 Å². The van der Waals surface area contributed by atoms with Crippen LogP contribution in [0.4, 0.5) is 0 Å². The highest BCUT2D eigenvalue weighted by Gasteiger charge is 2.21. The van der Waals surface area contributed by atoms with Gasteiger partial charge in [0, 0.05) is 51.5 Å². The van der Waals surface area contributed by atoms with Crippen LogP contribution in [0.1, 0.15) is 28.7 Å². The summed E-state index contributed by atoms with van der Waals surface area (Å²) in [7, 11) is 4.01. The number of nitrogens with one attached hydrogen (secondary N) is 1. The summed E-state index contributed by atoms with van der Waals surface area (Å²) in [5.74, 6) is -0.0485. The number of pyridine rings is 1. The number of aryl methyl sites for hydroxylation is 3. The molecule has 0 aromatic carbocycles. The molecule has 7 nitrogen and oxygen atoms in total. The van der Waals surface area contributed by atoms with Crippen LogP contribution in [-0.4, -0.2) is 76.3 Å². The maximum atomic E-state index is 12.8. The Morgan fingerprint density at radius 2 is 1.92 bits per heavy atom. The number of amides is 1. The highest BCUT2D eigenvalue weighted by atomic mass is 16.1. The van der Waals surface area contributed by atoms with Crippen LogP contribution in [-0.2, 0) is 7.05 Å². The van der Waals surface area contributed by atoms with Crippen LogP contribution in [0.15, 0.2) is 6.07 Å². The Kier molecular flexibility index (Phi) is 5.06. The highest BCUT2D eigenvalue weighted by molar-refractivity contribution is 6.06. The van der Waals surface area contributed by atoms with E-state index in [1.807, 2.05) is 27.0 Å². The molecule has 1 atom stereocenters. The van der Waals surface area contributed by atoms with Crippen molar-refractivity contribution in [1.29, 1.82) is 0 Å². The fourth-order valence-corrected chi connectivity index (χ4v) is 3.48. The van der Waals surface area contributed by atoms with Crippen molar-refractivity contribution in [2.75, 3.05) is 39.8 Å². The van der Waals surface area contributed by atoms with Crippen LogP contribution in [0.5, 0.6) is 0 Å². The van der Waals surface area contributed by atoms with E-state index in [0.29, 0.717) is 18.2 Å². The minimum Gasteiger partial charge on any atom is -0.350 e. The first-order valence-electron chi connectivity index (χ1n) is 8.88. The maximum absolute atomic E-state index is 12.8. The van der Waals surface area contributed by atoms with Gasteiger partial charge in [-0.15, -0.1) is 0 Å².